The second-order valence-electron chi connectivity index (χ2n) is 4.39. The summed E-state index contributed by atoms with van der Waals surface area (Å²) in [6, 6.07) is 6.60. The molecule has 18 heavy (non-hydrogen) atoms. The van der Waals surface area contributed by atoms with Crippen LogP contribution in [0.3, 0.4) is 0 Å². The topological polar surface area (TPSA) is 89.3 Å². The molecule has 100 valence electrons. The third-order valence-electron chi connectivity index (χ3n) is 2.67. The van der Waals surface area contributed by atoms with Crippen LogP contribution < -0.4 is 11.1 Å². The maximum absolute atomic E-state index is 11.8. The van der Waals surface area contributed by atoms with E-state index < -0.39 is 26.2 Å². The van der Waals surface area contributed by atoms with Crippen molar-refractivity contribution in [3.05, 3.63) is 24.3 Å². The lowest BCUT2D eigenvalue weighted by atomic mass is 10.3. The van der Waals surface area contributed by atoms with Gasteiger partial charge in [0.05, 0.1) is 5.25 Å². The Balaban J connectivity index is 2.84. The number of hydrogen-bond acceptors (Lipinski definition) is 4. The Morgan fingerprint density at radius 1 is 1.28 bits per heavy atom. The number of amides is 1. The van der Waals surface area contributed by atoms with Crippen LogP contribution in [0.25, 0.3) is 0 Å². The third-order valence-corrected chi connectivity index (χ3v) is 5.19. The normalized spacial score (nSPS) is 13.3. The molecule has 0 fully saturated rings. The molecule has 0 aliphatic heterocycles. The summed E-state index contributed by atoms with van der Waals surface area (Å²) in [5.74, 6) is -0.547. The van der Waals surface area contributed by atoms with Crippen LogP contribution >= 0.6 is 0 Å². The molecule has 0 aromatic heterocycles. The molecule has 1 aromatic rings. The summed E-state index contributed by atoms with van der Waals surface area (Å²) in [7, 11) is -3.45. The fourth-order valence-corrected chi connectivity index (χ4v) is 2.59. The lowest BCUT2D eigenvalue weighted by Gasteiger charge is -2.15. The van der Waals surface area contributed by atoms with Crippen molar-refractivity contribution in [3.8, 4) is 0 Å². The summed E-state index contributed by atoms with van der Waals surface area (Å²) >= 11 is 0. The van der Waals surface area contributed by atoms with Gasteiger partial charge in [-0.25, -0.2) is 8.42 Å². The van der Waals surface area contributed by atoms with E-state index in [2.05, 4.69) is 5.32 Å². The SMILES string of the molecule is CC(C)S(=O)(=O)C(C)C(=O)Nc1cccc(N)c1. The first-order valence-corrected chi connectivity index (χ1v) is 7.25. The summed E-state index contributed by atoms with van der Waals surface area (Å²) in [5.41, 5.74) is 6.57. The molecule has 1 rings (SSSR count). The van der Waals surface area contributed by atoms with Gasteiger partial charge in [-0.3, -0.25) is 4.79 Å². The summed E-state index contributed by atoms with van der Waals surface area (Å²) in [6.45, 7) is 4.50. The Morgan fingerprint density at radius 3 is 2.39 bits per heavy atom. The molecular formula is C12H18N2O3S. The number of nitrogens with two attached hydrogens (primary N) is 1. The molecule has 0 saturated heterocycles. The average Bonchev–Trinajstić information content (AvgIpc) is 2.27. The van der Waals surface area contributed by atoms with Crippen molar-refractivity contribution in [1.82, 2.24) is 0 Å². The summed E-state index contributed by atoms with van der Waals surface area (Å²) in [5, 5.41) is 0.877. The van der Waals surface area contributed by atoms with Crippen LogP contribution in [0.2, 0.25) is 0 Å². The minimum Gasteiger partial charge on any atom is -0.399 e. The quantitative estimate of drug-likeness (QED) is 0.810. The molecule has 1 unspecified atom stereocenters. The molecule has 0 spiro atoms. The third kappa shape index (κ3) is 3.22. The summed E-state index contributed by atoms with van der Waals surface area (Å²) in [4.78, 5) is 11.8. The second-order valence-corrected chi connectivity index (χ2v) is 7.22. The molecule has 5 nitrogen and oxygen atoms in total. The molecule has 3 N–H and O–H groups in total. The number of sulfone groups is 1. The molecule has 1 amide bonds. The van der Waals surface area contributed by atoms with E-state index in [4.69, 9.17) is 5.73 Å². The number of hydrogen-bond donors (Lipinski definition) is 2. The lowest BCUT2D eigenvalue weighted by molar-refractivity contribution is -0.115. The van der Waals surface area contributed by atoms with E-state index in [-0.39, 0.29) is 0 Å². The maximum Gasteiger partial charge on any atom is 0.242 e. The fraction of sp³-hybridized carbons (Fsp3) is 0.417. The van der Waals surface area contributed by atoms with Crippen LogP contribution in [0.1, 0.15) is 20.8 Å². The van der Waals surface area contributed by atoms with E-state index in [0.717, 1.165) is 0 Å². The van der Waals surface area contributed by atoms with Gasteiger partial charge in [0.15, 0.2) is 9.84 Å². The van der Waals surface area contributed by atoms with Crippen LogP contribution in [-0.2, 0) is 14.6 Å². The van der Waals surface area contributed by atoms with E-state index in [0.29, 0.717) is 11.4 Å². The Kier molecular flexibility index (Phi) is 4.34. The fourth-order valence-electron chi connectivity index (χ4n) is 1.42. The highest BCUT2D eigenvalue weighted by Gasteiger charge is 2.30. The van der Waals surface area contributed by atoms with Gasteiger partial charge in [-0.1, -0.05) is 6.07 Å². The number of rotatable bonds is 4. The van der Waals surface area contributed by atoms with Crippen molar-refractivity contribution < 1.29 is 13.2 Å². The van der Waals surface area contributed by atoms with Crippen molar-refractivity contribution in [3.63, 3.8) is 0 Å². The van der Waals surface area contributed by atoms with Gasteiger partial charge in [0.1, 0.15) is 5.25 Å². The first-order chi connectivity index (χ1) is 8.25. The van der Waals surface area contributed by atoms with E-state index >= 15 is 0 Å². The van der Waals surface area contributed by atoms with Gasteiger partial charge in [0.2, 0.25) is 5.91 Å². The summed E-state index contributed by atoms with van der Waals surface area (Å²) in [6.07, 6.45) is 0. The number of carbonyl (C=O) groups excluding carboxylic acids is 1. The maximum atomic E-state index is 11.8. The van der Waals surface area contributed by atoms with Crippen LogP contribution in [0, 0.1) is 0 Å². The molecule has 1 aromatic carbocycles. The van der Waals surface area contributed by atoms with Crippen molar-refractivity contribution in [2.45, 2.75) is 31.3 Å². The minimum absolute atomic E-state index is 0.491. The van der Waals surface area contributed by atoms with Crippen LogP contribution in [0.4, 0.5) is 11.4 Å². The first-order valence-electron chi connectivity index (χ1n) is 5.64. The van der Waals surface area contributed by atoms with E-state index in [9.17, 15) is 13.2 Å². The monoisotopic (exact) mass is 270 g/mol. The molecule has 0 bridgehead atoms. The molecule has 0 heterocycles. The Bertz CT molecular complexity index is 538. The minimum atomic E-state index is -3.45. The molecule has 1 atom stereocenters. The predicted molar refractivity (Wildman–Crippen MR) is 73.0 cm³/mol. The van der Waals surface area contributed by atoms with Gasteiger partial charge in [-0.2, -0.15) is 0 Å². The highest BCUT2D eigenvalue weighted by Crippen LogP contribution is 2.15. The molecule has 0 aliphatic carbocycles. The Morgan fingerprint density at radius 2 is 1.89 bits per heavy atom. The van der Waals surface area contributed by atoms with Crippen molar-refractivity contribution >= 4 is 27.1 Å². The Labute approximate surface area is 107 Å². The number of benzene rings is 1. The first kappa shape index (κ1) is 14.5. The standard InChI is InChI=1S/C12H18N2O3S/c1-8(2)18(16,17)9(3)12(15)14-11-6-4-5-10(13)7-11/h4-9H,13H2,1-3H3,(H,14,15). The van der Waals surface area contributed by atoms with E-state index in [1.54, 1.807) is 38.1 Å². The molecular weight excluding hydrogens is 252 g/mol. The predicted octanol–water partition coefficient (Wildman–Crippen LogP) is 1.42. The number of carbonyl (C=O) groups is 1. The van der Waals surface area contributed by atoms with Gasteiger partial charge in [0.25, 0.3) is 0 Å². The van der Waals surface area contributed by atoms with Crippen molar-refractivity contribution in [2.75, 3.05) is 11.1 Å². The average molecular weight is 270 g/mol. The van der Waals surface area contributed by atoms with Crippen molar-refractivity contribution in [2.24, 2.45) is 0 Å². The number of nitrogen functional groups attached to an aromatic ring is 1. The second kappa shape index (κ2) is 5.39. The van der Waals surface area contributed by atoms with Gasteiger partial charge in [-0.05, 0) is 39.0 Å². The van der Waals surface area contributed by atoms with Gasteiger partial charge >= 0.3 is 0 Å². The zero-order chi connectivity index (χ0) is 13.9. The lowest BCUT2D eigenvalue weighted by Crippen LogP contribution is -2.36. The van der Waals surface area contributed by atoms with Crippen molar-refractivity contribution in [1.29, 1.82) is 0 Å². The van der Waals surface area contributed by atoms with E-state index in [1.165, 1.54) is 6.92 Å². The van der Waals surface area contributed by atoms with Crippen LogP contribution in [-0.4, -0.2) is 24.8 Å². The highest BCUT2D eigenvalue weighted by molar-refractivity contribution is 7.93. The number of nitrogens with one attached hydrogen (secondary N) is 1. The van der Waals surface area contributed by atoms with Gasteiger partial charge < -0.3 is 11.1 Å². The molecule has 0 saturated carbocycles. The number of anilines is 2. The van der Waals surface area contributed by atoms with E-state index in [1.807, 2.05) is 0 Å². The van der Waals surface area contributed by atoms with Gasteiger partial charge in [0, 0.05) is 11.4 Å². The molecule has 0 aliphatic rings. The molecule has 0 radical (unpaired) electrons. The zero-order valence-corrected chi connectivity index (χ0v) is 11.5. The Hall–Kier alpha value is -1.56. The molecule has 6 heteroatoms. The zero-order valence-electron chi connectivity index (χ0n) is 10.7. The largest absolute Gasteiger partial charge is 0.399 e. The summed E-state index contributed by atoms with van der Waals surface area (Å²) < 4.78 is 23.7. The van der Waals surface area contributed by atoms with Crippen LogP contribution in [0.5, 0.6) is 0 Å². The van der Waals surface area contributed by atoms with Gasteiger partial charge in [-0.15, -0.1) is 0 Å². The van der Waals surface area contributed by atoms with Crippen LogP contribution in [0.15, 0.2) is 24.3 Å². The smallest absolute Gasteiger partial charge is 0.242 e. The highest BCUT2D eigenvalue weighted by atomic mass is 32.2.